The number of hydrazone groups is 1. The quantitative estimate of drug-likeness (QED) is 0.281. The highest BCUT2D eigenvalue weighted by atomic mass is 16.6. The number of aromatic nitrogens is 2. The van der Waals surface area contributed by atoms with Crippen LogP contribution in [0.1, 0.15) is 15.9 Å². The van der Waals surface area contributed by atoms with Crippen molar-refractivity contribution in [2.75, 3.05) is 7.11 Å². The summed E-state index contributed by atoms with van der Waals surface area (Å²) in [7, 11) is 1.59. The Bertz CT molecular complexity index is 1280. The van der Waals surface area contributed by atoms with Gasteiger partial charge >= 0.3 is 0 Å². The zero-order chi connectivity index (χ0) is 21.8. The first-order chi connectivity index (χ1) is 15.0. The standard InChI is InChI=1S/C22H17N5O4/c1-31-18-9-2-14(3-10-18)13-23-26-22(28)16-6-11-19-20(12-16)25-21(24-19)15-4-7-17(8-5-15)27(29)30/h2-13H,1H3,(H,24,25)(H,26,28)/b23-13-. The summed E-state index contributed by atoms with van der Waals surface area (Å²) in [5, 5.41) is 14.8. The third kappa shape index (κ3) is 4.40. The Balaban J connectivity index is 1.48. The average molecular weight is 415 g/mol. The Hall–Kier alpha value is -4.53. The van der Waals surface area contributed by atoms with Gasteiger partial charge in [-0.15, -0.1) is 0 Å². The first-order valence-electron chi connectivity index (χ1n) is 9.25. The maximum absolute atomic E-state index is 12.4. The highest BCUT2D eigenvalue weighted by Gasteiger charge is 2.11. The van der Waals surface area contributed by atoms with Crippen LogP contribution in [0.2, 0.25) is 0 Å². The SMILES string of the molecule is COc1ccc(/C=N\NC(=O)c2ccc3nc(-c4ccc([N+](=O)[O-])cc4)[nH]c3c2)cc1. The number of fused-ring (bicyclic) bond motifs is 1. The molecule has 0 unspecified atom stereocenters. The van der Waals surface area contributed by atoms with E-state index in [9.17, 15) is 14.9 Å². The second-order valence-corrected chi connectivity index (χ2v) is 6.59. The lowest BCUT2D eigenvalue weighted by atomic mass is 10.2. The number of hydrogen-bond acceptors (Lipinski definition) is 6. The van der Waals surface area contributed by atoms with Crippen molar-refractivity contribution >= 4 is 28.8 Å². The largest absolute Gasteiger partial charge is 0.497 e. The molecule has 0 atom stereocenters. The molecular weight excluding hydrogens is 398 g/mol. The zero-order valence-corrected chi connectivity index (χ0v) is 16.4. The molecule has 0 saturated carbocycles. The fourth-order valence-corrected chi connectivity index (χ4v) is 2.95. The van der Waals surface area contributed by atoms with Gasteiger partial charge in [0.05, 0.1) is 29.3 Å². The fraction of sp³-hybridized carbons (Fsp3) is 0.0455. The highest BCUT2D eigenvalue weighted by Crippen LogP contribution is 2.23. The van der Waals surface area contributed by atoms with Gasteiger partial charge < -0.3 is 9.72 Å². The summed E-state index contributed by atoms with van der Waals surface area (Å²) in [5.41, 5.74) is 5.78. The Kier molecular flexibility index (Phi) is 5.39. The summed E-state index contributed by atoms with van der Waals surface area (Å²) >= 11 is 0. The van der Waals surface area contributed by atoms with Gasteiger partial charge in [0.15, 0.2) is 0 Å². The molecule has 9 nitrogen and oxygen atoms in total. The number of nitro benzene ring substituents is 1. The first kappa shape index (κ1) is 19.8. The van der Waals surface area contributed by atoms with Crippen LogP contribution in [0.4, 0.5) is 5.69 Å². The van der Waals surface area contributed by atoms with E-state index in [1.54, 1.807) is 55.8 Å². The second-order valence-electron chi connectivity index (χ2n) is 6.59. The number of H-pyrrole nitrogens is 1. The van der Waals surface area contributed by atoms with E-state index in [-0.39, 0.29) is 11.6 Å². The number of aromatic amines is 1. The zero-order valence-electron chi connectivity index (χ0n) is 16.4. The number of amides is 1. The van der Waals surface area contributed by atoms with E-state index in [0.29, 0.717) is 28.0 Å². The maximum atomic E-state index is 12.4. The number of nitro groups is 1. The summed E-state index contributed by atoms with van der Waals surface area (Å²) in [4.78, 5) is 30.4. The Morgan fingerprint density at radius 3 is 2.55 bits per heavy atom. The van der Waals surface area contributed by atoms with Crippen LogP contribution < -0.4 is 10.2 Å². The average Bonchev–Trinajstić information content (AvgIpc) is 3.23. The second kappa shape index (κ2) is 8.46. The number of rotatable bonds is 6. The van der Waals surface area contributed by atoms with Crippen molar-refractivity contribution in [3.05, 3.63) is 88.0 Å². The van der Waals surface area contributed by atoms with Crippen molar-refractivity contribution in [2.24, 2.45) is 5.10 Å². The third-order valence-electron chi connectivity index (χ3n) is 4.59. The molecule has 9 heteroatoms. The molecule has 0 fully saturated rings. The van der Waals surface area contributed by atoms with Gasteiger partial charge in [0.1, 0.15) is 11.6 Å². The normalized spacial score (nSPS) is 11.0. The minimum absolute atomic E-state index is 0.00835. The van der Waals surface area contributed by atoms with E-state index < -0.39 is 4.92 Å². The number of non-ortho nitro benzene ring substituents is 1. The predicted molar refractivity (Wildman–Crippen MR) is 116 cm³/mol. The van der Waals surface area contributed by atoms with Crippen molar-refractivity contribution in [3.63, 3.8) is 0 Å². The van der Waals surface area contributed by atoms with Crippen LogP contribution >= 0.6 is 0 Å². The monoisotopic (exact) mass is 415 g/mol. The summed E-state index contributed by atoms with van der Waals surface area (Å²) in [6.45, 7) is 0. The number of nitrogens with zero attached hydrogens (tertiary/aromatic N) is 3. The van der Waals surface area contributed by atoms with Crippen molar-refractivity contribution in [2.45, 2.75) is 0 Å². The number of methoxy groups -OCH3 is 1. The van der Waals surface area contributed by atoms with E-state index in [2.05, 4.69) is 20.5 Å². The third-order valence-corrected chi connectivity index (χ3v) is 4.59. The lowest BCUT2D eigenvalue weighted by Crippen LogP contribution is -2.17. The lowest BCUT2D eigenvalue weighted by molar-refractivity contribution is -0.384. The summed E-state index contributed by atoms with van der Waals surface area (Å²) in [6.07, 6.45) is 1.54. The molecule has 3 aromatic carbocycles. The first-order valence-corrected chi connectivity index (χ1v) is 9.25. The minimum Gasteiger partial charge on any atom is -0.497 e. The Labute approximate surface area is 176 Å². The maximum Gasteiger partial charge on any atom is 0.271 e. The van der Waals surface area contributed by atoms with E-state index in [0.717, 1.165) is 11.3 Å². The van der Waals surface area contributed by atoms with Crippen molar-refractivity contribution in [3.8, 4) is 17.1 Å². The molecule has 0 spiro atoms. The molecule has 0 radical (unpaired) electrons. The van der Waals surface area contributed by atoms with Gasteiger partial charge in [-0.1, -0.05) is 0 Å². The number of imidazole rings is 1. The molecule has 0 aliphatic rings. The molecule has 1 aromatic heterocycles. The van der Waals surface area contributed by atoms with Crippen LogP contribution in [0, 0.1) is 10.1 Å². The number of ether oxygens (including phenoxy) is 1. The summed E-state index contributed by atoms with van der Waals surface area (Å²) in [5.74, 6) is 0.931. The van der Waals surface area contributed by atoms with E-state index in [1.165, 1.54) is 12.1 Å². The summed E-state index contributed by atoms with van der Waals surface area (Å²) < 4.78 is 5.10. The predicted octanol–water partition coefficient (Wildman–Crippen LogP) is 3.91. The molecule has 4 rings (SSSR count). The van der Waals surface area contributed by atoms with Crippen LogP contribution in [-0.4, -0.2) is 34.1 Å². The van der Waals surface area contributed by atoms with Crippen LogP contribution in [0.15, 0.2) is 71.8 Å². The van der Waals surface area contributed by atoms with Crippen molar-refractivity contribution < 1.29 is 14.5 Å². The van der Waals surface area contributed by atoms with Gasteiger partial charge in [-0.2, -0.15) is 5.10 Å². The van der Waals surface area contributed by atoms with Crippen LogP contribution in [0.3, 0.4) is 0 Å². The number of hydrogen-bond donors (Lipinski definition) is 2. The molecule has 0 aliphatic heterocycles. The molecule has 2 N–H and O–H groups in total. The molecule has 4 aromatic rings. The van der Waals surface area contributed by atoms with Crippen molar-refractivity contribution in [1.82, 2.24) is 15.4 Å². The van der Waals surface area contributed by atoms with E-state index in [4.69, 9.17) is 4.74 Å². The highest BCUT2D eigenvalue weighted by molar-refractivity contribution is 5.98. The number of nitrogens with one attached hydrogen (secondary N) is 2. The molecule has 0 bridgehead atoms. The Morgan fingerprint density at radius 2 is 1.87 bits per heavy atom. The van der Waals surface area contributed by atoms with Gasteiger partial charge in [0.25, 0.3) is 11.6 Å². The molecule has 31 heavy (non-hydrogen) atoms. The number of benzene rings is 3. The van der Waals surface area contributed by atoms with Gasteiger partial charge in [-0.05, 0) is 60.2 Å². The Morgan fingerprint density at radius 1 is 1.13 bits per heavy atom. The van der Waals surface area contributed by atoms with Crippen LogP contribution in [0.5, 0.6) is 5.75 Å². The van der Waals surface area contributed by atoms with E-state index >= 15 is 0 Å². The van der Waals surface area contributed by atoms with Gasteiger partial charge in [0.2, 0.25) is 0 Å². The van der Waals surface area contributed by atoms with Gasteiger partial charge in [0, 0.05) is 23.3 Å². The topological polar surface area (TPSA) is 123 Å². The molecular formula is C22H17N5O4. The molecule has 0 aliphatic carbocycles. The smallest absolute Gasteiger partial charge is 0.271 e. The van der Waals surface area contributed by atoms with Crippen LogP contribution in [0.25, 0.3) is 22.4 Å². The van der Waals surface area contributed by atoms with Gasteiger partial charge in [-0.25, -0.2) is 10.4 Å². The number of carbonyl (C=O) groups is 1. The molecule has 154 valence electrons. The minimum atomic E-state index is -0.454. The summed E-state index contributed by atoms with van der Waals surface area (Å²) in [6, 6.07) is 18.4. The van der Waals surface area contributed by atoms with E-state index in [1.807, 2.05) is 12.1 Å². The van der Waals surface area contributed by atoms with Crippen molar-refractivity contribution in [1.29, 1.82) is 0 Å². The molecule has 0 saturated heterocycles. The fourth-order valence-electron chi connectivity index (χ4n) is 2.95. The molecule has 1 heterocycles. The lowest BCUT2D eigenvalue weighted by Gasteiger charge is -2.01. The number of carbonyl (C=O) groups excluding carboxylic acids is 1. The van der Waals surface area contributed by atoms with Crippen LogP contribution in [-0.2, 0) is 0 Å². The van der Waals surface area contributed by atoms with Gasteiger partial charge in [-0.3, -0.25) is 14.9 Å². The molecule has 1 amide bonds.